The van der Waals surface area contributed by atoms with Crippen molar-refractivity contribution in [3.05, 3.63) is 35.4 Å². The number of hydrogen-bond acceptors (Lipinski definition) is 3. The molecule has 2 rings (SSSR count). The lowest BCUT2D eigenvalue weighted by molar-refractivity contribution is -0.147. The maximum absolute atomic E-state index is 13.1. The van der Waals surface area contributed by atoms with Gasteiger partial charge in [-0.05, 0) is 37.2 Å². The number of aliphatic carboxylic acids is 1. The minimum Gasteiger partial charge on any atom is -0.480 e. The van der Waals surface area contributed by atoms with E-state index in [1.807, 2.05) is 58.9 Å². The Bertz CT molecular complexity index is 697. The summed E-state index contributed by atoms with van der Waals surface area (Å²) in [6.07, 6.45) is 0.764. The number of nitrogens with zero attached hydrogens (tertiary/aromatic N) is 2. The molecule has 1 aromatic rings. The van der Waals surface area contributed by atoms with E-state index >= 15 is 0 Å². The molecule has 0 spiro atoms. The summed E-state index contributed by atoms with van der Waals surface area (Å²) >= 11 is 0. The van der Waals surface area contributed by atoms with Crippen LogP contribution >= 0.6 is 0 Å². The zero-order valence-corrected chi connectivity index (χ0v) is 16.8. The predicted molar refractivity (Wildman–Crippen MR) is 103 cm³/mol. The van der Waals surface area contributed by atoms with Crippen LogP contribution in [0, 0.1) is 18.8 Å². The van der Waals surface area contributed by atoms with Crippen molar-refractivity contribution in [3.8, 4) is 0 Å². The monoisotopic (exact) mass is 374 g/mol. The Morgan fingerprint density at radius 3 is 2.15 bits per heavy atom. The summed E-state index contributed by atoms with van der Waals surface area (Å²) in [4.78, 5) is 40.4. The van der Waals surface area contributed by atoms with Crippen LogP contribution in [0.5, 0.6) is 0 Å². The lowest BCUT2D eigenvalue weighted by atomic mass is 10.0. The molecule has 27 heavy (non-hydrogen) atoms. The third-order valence-electron chi connectivity index (χ3n) is 4.81. The van der Waals surface area contributed by atoms with Crippen molar-refractivity contribution >= 4 is 17.9 Å². The molecule has 1 aliphatic heterocycles. The van der Waals surface area contributed by atoms with E-state index in [-0.39, 0.29) is 18.3 Å². The van der Waals surface area contributed by atoms with Crippen LogP contribution in [0.2, 0.25) is 0 Å². The first-order chi connectivity index (χ1) is 12.6. The molecule has 0 aromatic heterocycles. The molecular weight excluding hydrogens is 344 g/mol. The topological polar surface area (TPSA) is 77.9 Å². The molecular formula is C21H30N2O4. The second-order valence-electron chi connectivity index (χ2n) is 8.23. The van der Waals surface area contributed by atoms with Crippen molar-refractivity contribution < 1.29 is 19.5 Å². The zero-order chi connectivity index (χ0) is 20.3. The van der Waals surface area contributed by atoms with Crippen molar-refractivity contribution in [3.63, 3.8) is 0 Å². The van der Waals surface area contributed by atoms with E-state index in [0.29, 0.717) is 13.0 Å². The molecule has 1 N–H and O–H groups in total. The third-order valence-corrected chi connectivity index (χ3v) is 4.81. The van der Waals surface area contributed by atoms with E-state index in [4.69, 9.17) is 0 Å². The van der Waals surface area contributed by atoms with Gasteiger partial charge in [-0.2, -0.15) is 0 Å². The van der Waals surface area contributed by atoms with Gasteiger partial charge >= 0.3 is 12.0 Å². The number of urea groups is 1. The Balaban J connectivity index is 2.35. The molecule has 0 radical (unpaired) electrons. The summed E-state index contributed by atoms with van der Waals surface area (Å²) in [5, 5.41) is 9.63. The molecule has 2 unspecified atom stereocenters. The number of benzene rings is 1. The van der Waals surface area contributed by atoms with Crippen LogP contribution in [0.3, 0.4) is 0 Å². The Morgan fingerprint density at radius 1 is 1.07 bits per heavy atom. The molecule has 0 saturated carbocycles. The summed E-state index contributed by atoms with van der Waals surface area (Å²) < 4.78 is 0. The average Bonchev–Trinajstić information content (AvgIpc) is 2.78. The molecule has 0 aliphatic carbocycles. The van der Waals surface area contributed by atoms with E-state index in [9.17, 15) is 19.5 Å². The van der Waals surface area contributed by atoms with Crippen LogP contribution in [0.15, 0.2) is 24.3 Å². The first-order valence-electron chi connectivity index (χ1n) is 9.53. The molecule has 6 heteroatoms. The van der Waals surface area contributed by atoms with Gasteiger partial charge in [-0.3, -0.25) is 4.79 Å². The number of hydrogen-bond donors (Lipinski definition) is 1. The quantitative estimate of drug-likeness (QED) is 0.704. The van der Waals surface area contributed by atoms with Crippen LogP contribution in [0.4, 0.5) is 4.79 Å². The number of carboxylic acids is 1. The first-order valence-corrected chi connectivity index (χ1v) is 9.53. The molecule has 1 aromatic carbocycles. The molecule has 1 fully saturated rings. The maximum atomic E-state index is 13.1. The Morgan fingerprint density at radius 2 is 1.67 bits per heavy atom. The number of rotatable bonds is 8. The molecule has 148 valence electrons. The number of imide groups is 1. The minimum absolute atomic E-state index is 0.0568. The average molecular weight is 374 g/mol. The van der Waals surface area contributed by atoms with Gasteiger partial charge in [-0.1, -0.05) is 57.5 Å². The summed E-state index contributed by atoms with van der Waals surface area (Å²) in [6.45, 7) is 10.0. The van der Waals surface area contributed by atoms with Crippen LogP contribution in [0.1, 0.15) is 51.7 Å². The van der Waals surface area contributed by atoms with Gasteiger partial charge in [0.1, 0.15) is 12.1 Å². The van der Waals surface area contributed by atoms with Gasteiger partial charge in [0, 0.05) is 6.54 Å². The SMILES string of the molecule is Cc1ccc(CN2C(=O)N(C(CC(C)C)C(=O)O)C(=O)C2CC(C)C)cc1. The van der Waals surface area contributed by atoms with Gasteiger partial charge < -0.3 is 10.0 Å². The summed E-state index contributed by atoms with van der Waals surface area (Å²) in [5.41, 5.74) is 2.04. The zero-order valence-electron chi connectivity index (χ0n) is 16.8. The lowest BCUT2D eigenvalue weighted by Gasteiger charge is -2.24. The highest BCUT2D eigenvalue weighted by molar-refractivity contribution is 6.06. The highest BCUT2D eigenvalue weighted by Crippen LogP contribution is 2.29. The van der Waals surface area contributed by atoms with Crippen LogP contribution in [-0.4, -0.2) is 44.9 Å². The summed E-state index contributed by atoms with van der Waals surface area (Å²) in [6, 6.07) is 5.56. The predicted octanol–water partition coefficient (Wildman–Crippen LogP) is 3.67. The summed E-state index contributed by atoms with van der Waals surface area (Å²) in [5.74, 6) is -1.26. The van der Waals surface area contributed by atoms with Crippen LogP contribution in [-0.2, 0) is 16.1 Å². The standard InChI is InChI=1S/C21H30N2O4/c1-13(2)10-17-19(24)23(18(20(25)26)11-14(3)4)21(27)22(17)12-16-8-6-15(5)7-9-16/h6-9,13-14,17-18H,10-12H2,1-5H3,(H,25,26). The number of amides is 3. The highest BCUT2D eigenvalue weighted by Gasteiger charge is 2.49. The van der Waals surface area contributed by atoms with Crippen molar-refractivity contribution in [1.29, 1.82) is 0 Å². The maximum Gasteiger partial charge on any atom is 0.328 e. The second-order valence-corrected chi connectivity index (χ2v) is 8.23. The molecule has 0 bridgehead atoms. The van der Waals surface area contributed by atoms with Crippen molar-refractivity contribution in [1.82, 2.24) is 9.80 Å². The molecule has 6 nitrogen and oxygen atoms in total. The number of carboxylic acid groups (broad SMARTS) is 1. The number of carbonyl (C=O) groups excluding carboxylic acids is 2. The highest BCUT2D eigenvalue weighted by atomic mass is 16.4. The van der Waals surface area contributed by atoms with Gasteiger partial charge in [0.15, 0.2) is 0 Å². The Hall–Kier alpha value is -2.37. The molecule has 1 saturated heterocycles. The van der Waals surface area contributed by atoms with Crippen molar-refractivity contribution in [2.45, 2.75) is 66.1 Å². The van der Waals surface area contributed by atoms with E-state index in [2.05, 4.69) is 0 Å². The van der Waals surface area contributed by atoms with E-state index in [0.717, 1.165) is 16.0 Å². The molecule has 3 amide bonds. The van der Waals surface area contributed by atoms with Gasteiger partial charge in [0.25, 0.3) is 5.91 Å². The Kier molecular flexibility index (Phi) is 6.63. The van der Waals surface area contributed by atoms with Crippen LogP contribution < -0.4 is 0 Å². The Labute approximate surface area is 161 Å². The van der Waals surface area contributed by atoms with E-state index in [1.54, 1.807) is 0 Å². The van der Waals surface area contributed by atoms with Crippen molar-refractivity contribution in [2.24, 2.45) is 11.8 Å². The van der Waals surface area contributed by atoms with Crippen molar-refractivity contribution in [2.75, 3.05) is 0 Å². The lowest BCUT2D eigenvalue weighted by Crippen LogP contribution is -2.46. The normalized spacial score (nSPS) is 18.7. The molecule has 1 aliphatic rings. The molecule has 2 atom stereocenters. The largest absolute Gasteiger partial charge is 0.480 e. The first kappa shape index (κ1) is 20.9. The van der Waals surface area contributed by atoms with E-state index in [1.165, 1.54) is 4.90 Å². The van der Waals surface area contributed by atoms with Gasteiger partial charge in [0.2, 0.25) is 0 Å². The van der Waals surface area contributed by atoms with Crippen LogP contribution in [0.25, 0.3) is 0 Å². The van der Waals surface area contributed by atoms with Gasteiger partial charge in [-0.25, -0.2) is 14.5 Å². The van der Waals surface area contributed by atoms with Gasteiger partial charge in [0.05, 0.1) is 0 Å². The van der Waals surface area contributed by atoms with Gasteiger partial charge in [-0.15, -0.1) is 0 Å². The van der Waals surface area contributed by atoms with E-state index < -0.39 is 30.0 Å². The smallest absolute Gasteiger partial charge is 0.328 e. The number of carbonyl (C=O) groups is 3. The molecule has 1 heterocycles. The minimum atomic E-state index is -1.13. The fourth-order valence-corrected chi connectivity index (χ4v) is 3.45. The third kappa shape index (κ3) is 4.87. The fraction of sp³-hybridized carbons (Fsp3) is 0.571. The summed E-state index contributed by atoms with van der Waals surface area (Å²) in [7, 11) is 0. The second kappa shape index (κ2) is 8.55. The fourth-order valence-electron chi connectivity index (χ4n) is 3.45. The number of aryl methyl sites for hydroxylation is 1.